The van der Waals surface area contributed by atoms with Gasteiger partial charge in [0.2, 0.25) is 53.2 Å². The van der Waals surface area contributed by atoms with Gasteiger partial charge in [-0.1, -0.05) is 53.7 Å². The Morgan fingerprint density at radius 3 is 1.48 bits per heavy atom. The molecule has 0 bridgehead atoms. The predicted molar refractivity (Wildman–Crippen MR) is 303 cm³/mol. The molecule has 0 saturated heterocycles. The highest BCUT2D eigenvalue weighted by Gasteiger charge is 2.38. The monoisotopic (exact) mass is 1190 g/mol. The minimum absolute atomic E-state index is 0.0302. The molecule has 1 heterocycles. The van der Waals surface area contributed by atoms with Crippen molar-refractivity contribution in [2.75, 3.05) is 19.7 Å². The molecule has 0 saturated carbocycles. The molecule has 11 atom stereocenters. The van der Waals surface area contributed by atoms with E-state index in [4.69, 9.17) is 17.2 Å². The summed E-state index contributed by atoms with van der Waals surface area (Å²) in [5.74, 6) is -13.1. The fourth-order valence-corrected chi connectivity index (χ4v) is 8.33. The summed E-state index contributed by atoms with van der Waals surface area (Å²) in [6, 6.07) is -9.33. The molecule has 470 valence electrons. The van der Waals surface area contributed by atoms with Crippen LogP contribution in [0.3, 0.4) is 0 Å². The third kappa shape index (κ3) is 25.4. The van der Waals surface area contributed by atoms with Gasteiger partial charge in [0.15, 0.2) is 0 Å². The second kappa shape index (κ2) is 36.7. The Kier molecular flexibility index (Phi) is 31.6. The minimum Gasteiger partial charge on any atom is -0.508 e. The fourth-order valence-electron chi connectivity index (χ4n) is 8.33. The number of imidazole rings is 1. The number of carboxylic acids is 2. The number of aliphatic carboxylic acids is 2. The largest absolute Gasteiger partial charge is 0.508 e. The molecular formula is C54H88N14O16. The minimum atomic E-state index is -1.93. The second-order valence-corrected chi connectivity index (χ2v) is 21.6. The number of unbranched alkanes of at least 4 members (excludes halogenated alkanes) is 2. The van der Waals surface area contributed by atoms with Gasteiger partial charge in [-0.25, -0.2) is 9.78 Å². The number of aromatic nitrogens is 2. The van der Waals surface area contributed by atoms with E-state index in [-0.39, 0.29) is 74.9 Å². The molecule has 1 aromatic carbocycles. The summed E-state index contributed by atoms with van der Waals surface area (Å²) in [5.41, 5.74) is 18.1. The van der Waals surface area contributed by atoms with Gasteiger partial charge in [-0.05, 0) is 100 Å². The summed E-state index contributed by atoms with van der Waals surface area (Å²) >= 11 is 0. The summed E-state index contributed by atoms with van der Waals surface area (Å²) in [4.78, 5) is 155. The lowest BCUT2D eigenvalue weighted by atomic mass is 9.99. The highest BCUT2D eigenvalue weighted by molar-refractivity contribution is 5.99. The average Bonchev–Trinajstić information content (AvgIpc) is 3.98. The first-order chi connectivity index (χ1) is 39.5. The fraction of sp³-hybridized carbons (Fsp3) is 0.630. The molecule has 0 radical (unpaired) electrons. The quantitative estimate of drug-likeness (QED) is 0.0285. The van der Waals surface area contributed by atoms with E-state index in [9.17, 15) is 78.3 Å². The van der Waals surface area contributed by atoms with Gasteiger partial charge in [-0.15, -0.1) is 0 Å². The Bertz CT molecular complexity index is 2480. The van der Waals surface area contributed by atoms with Crippen LogP contribution < -0.4 is 65.1 Å². The average molecular weight is 1190 g/mol. The van der Waals surface area contributed by atoms with Crippen LogP contribution in [0.4, 0.5) is 0 Å². The number of rotatable bonds is 39. The van der Waals surface area contributed by atoms with Crippen molar-refractivity contribution >= 4 is 65.1 Å². The van der Waals surface area contributed by atoms with Crippen molar-refractivity contribution in [3.05, 3.63) is 48.0 Å². The zero-order valence-electron chi connectivity index (χ0n) is 48.6. The van der Waals surface area contributed by atoms with Crippen molar-refractivity contribution in [3.63, 3.8) is 0 Å². The van der Waals surface area contributed by atoms with Gasteiger partial charge in [-0.2, -0.15) is 0 Å². The molecule has 30 nitrogen and oxygen atoms in total. The van der Waals surface area contributed by atoms with Crippen LogP contribution in [0.15, 0.2) is 36.8 Å². The number of benzene rings is 1. The number of aromatic amines is 1. The number of nitrogens with zero attached hydrogens (tertiary/aromatic N) is 1. The van der Waals surface area contributed by atoms with E-state index in [0.717, 1.165) is 6.92 Å². The molecule has 1 aromatic heterocycles. The Hall–Kier alpha value is -7.80. The number of carbonyl (C=O) groups is 11. The summed E-state index contributed by atoms with van der Waals surface area (Å²) in [5, 5.41) is 72.2. The highest BCUT2D eigenvalue weighted by Crippen LogP contribution is 2.15. The van der Waals surface area contributed by atoms with Crippen molar-refractivity contribution in [1.82, 2.24) is 57.8 Å². The van der Waals surface area contributed by atoms with Crippen LogP contribution in [0, 0.1) is 17.8 Å². The Balaban J connectivity index is 2.42. The van der Waals surface area contributed by atoms with Gasteiger partial charge in [0.1, 0.15) is 60.1 Å². The molecular weight excluding hydrogens is 1100 g/mol. The molecule has 30 heteroatoms. The molecule has 84 heavy (non-hydrogen) atoms. The van der Waals surface area contributed by atoms with Crippen molar-refractivity contribution < 1.29 is 78.3 Å². The first-order valence-corrected chi connectivity index (χ1v) is 27.9. The van der Waals surface area contributed by atoms with E-state index in [1.807, 2.05) is 0 Å². The second-order valence-electron chi connectivity index (χ2n) is 21.6. The lowest BCUT2D eigenvalue weighted by Crippen LogP contribution is -2.62. The first kappa shape index (κ1) is 72.3. The van der Waals surface area contributed by atoms with Crippen LogP contribution >= 0.6 is 0 Å². The molecule has 0 fully saturated rings. The van der Waals surface area contributed by atoms with Crippen LogP contribution in [0.1, 0.15) is 111 Å². The molecule has 0 aliphatic carbocycles. The number of aliphatic hydroxyl groups is 2. The Labute approximate surface area is 487 Å². The molecule has 0 aliphatic heterocycles. The van der Waals surface area contributed by atoms with Gasteiger partial charge in [0.05, 0.1) is 31.5 Å². The zero-order chi connectivity index (χ0) is 63.4. The number of carbonyl (C=O) groups excluding carboxylic acids is 9. The number of H-pyrrole nitrogens is 1. The van der Waals surface area contributed by atoms with Gasteiger partial charge >= 0.3 is 11.9 Å². The van der Waals surface area contributed by atoms with E-state index in [0.29, 0.717) is 24.8 Å². The maximum Gasteiger partial charge on any atom is 0.326 e. The maximum atomic E-state index is 14.3. The lowest BCUT2D eigenvalue weighted by molar-refractivity contribution is -0.142. The summed E-state index contributed by atoms with van der Waals surface area (Å²) < 4.78 is 0. The van der Waals surface area contributed by atoms with E-state index in [1.54, 1.807) is 41.5 Å². The van der Waals surface area contributed by atoms with Gasteiger partial charge in [0, 0.05) is 24.7 Å². The number of hydrogen-bond acceptors (Lipinski definition) is 18. The smallest absolute Gasteiger partial charge is 0.326 e. The van der Waals surface area contributed by atoms with Crippen LogP contribution in [-0.4, -0.2) is 187 Å². The van der Waals surface area contributed by atoms with E-state index >= 15 is 0 Å². The van der Waals surface area contributed by atoms with Crippen molar-refractivity contribution in [3.8, 4) is 5.75 Å². The maximum absolute atomic E-state index is 14.3. The highest BCUT2D eigenvalue weighted by atomic mass is 16.4. The van der Waals surface area contributed by atoms with Crippen molar-refractivity contribution in [2.45, 2.75) is 179 Å². The summed E-state index contributed by atoms with van der Waals surface area (Å²) in [7, 11) is 0. The van der Waals surface area contributed by atoms with Crippen LogP contribution in [0.5, 0.6) is 5.75 Å². The van der Waals surface area contributed by atoms with Gasteiger partial charge in [0.25, 0.3) is 0 Å². The third-order valence-electron chi connectivity index (χ3n) is 13.3. The van der Waals surface area contributed by atoms with Crippen LogP contribution in [0.2, 0.25) is 0 Å². The number of phenolic OH excluding ortho intramolecular Hbond substituents is 1. The molecule has 21 N–H and O–H groups in total. The Morgan fingerprint density at radius 1 is 0.536 bits per heavy atom. The number of amides is 9. The number of nitrogens with one attached hydrogen (secondary N) is 10. The van der Waals surface area contributed by atoms with E-state index in [2.05, 4.69) is 57.8 Å². The van der Waals surface area contributed by atoms with Crippen LogP contribution in [0.25, 0.3) is 0 Å². The molecule has 0 unspecified atom stereocenters. The van der Waals surface area contributed by atoms with E-state index in [1.165, 1.54) is 36.8 Å². The SMILES string of the molecule is CC(C)C[C@H](NC(=O)[C@H](CC(=O)O)NC(=O)[C@H](Cc1cnc[nH]1)NC(=O)[C@@H](NC(=O)[C@H](CO)NC(=O)[C@@H](N)C(C)C)[C@@H](C)O)C(=O)N[C@@H](CCCCN)C(=O)N[C@H](C(=O)N[C@@H](CCCCN)C(=O)N[C@@H](Cc1ccc(O)cc1)C(=O)O)C(C)C. The molecule has 2 rings (SSSR count). The molecule has 0 spiro atoms. The van der Waals surface area contributed by atoms with Gasteiger partial charge in [-0.3, -0.25) is 47.9 Å². The summed E-state index contributed by atoms with van der Waals surface area (Å²) in [6.07, 6.45) is 0.689. The third-order valence-corrected chi connectivity index (χ3v) is 13.3. The van der Waals surface area contributed by atoms with Crippen LogP contribution in [-0.2, 0) is 65.6 Å². The topological polar surface area (TPSA) is 504 Å². The van der Waals surface area contributed by atoms with Crippen molar-refractivity contribution in [1.29, 1.82) is 0 Å². The zero-order valence-corrected chi connectivity index (χ0v) is 48.6. The number of aromatic hydroxyl groups is 1. The molecule has 2 aromatic rings. The molecule has 9 amide bonds. The Morgan fingerprint density at radius 2 is 0.988 bits per heavy atom. The normalized spacial score (nSPS) is 15.3. The van der Waals surface area contributed by atoms with Gasteiger partial charge < -0.3 is 95.6 Å². The number of nitrogens with two attached hydrogens (primary N) is 3. The standard InChI is InChI=1S/C54H88N14O16/c1-27(2)20-36(62-49(78)38(23-41(72)73)63-48(77)37(22-32-24-58-26-59-32)64-53(82)44(30(7)70)68-50(79)40(25-69)66-51(80)42(57)28(3)4)47(76)60-35(13-9-11-19-56)46(75)67-43(29(5)6)52(81)61-34(12-8-10-18-55)45(74)65-39(54(83)84)21-31-14-16-33(71)17-15-31/h14-17,24,26-30,34-40,42-44,69-71H,8-13,18-23,25,55-57H2,1-7H3,(H,58,59)(H,60,76)(H,61,81)(H,62,78)(H,63,77)(H,64,82)(H,65,74)(H,66,80)(H,67,75)(H,68,79)(H,72,73)(H,83,84)/t30-,34+,35+,36+,37+,38+,39+,40+,42+,43+,44+/m1/s1. The summed E-state index contributed by atoms with van der Waals surface area (Å²) in [6.45, 7) is 10.6. The lowest BCUT2D eigenvalue weighted by Gasteiger charge is -2.29. The van der Waals surface area contributed by atoms with Crippen molar-refractivity contribution in [2.24, 2.45) is 35.0 Å². The number of carboxylic acid groups (broad SMARTS) is 2. The molecule has 0 aliphatic rings. The number of phenols is 1. The predicted octanol–water partition coefficient (Wildman–Crippen LogP) is -3.86. The first-order valence-electron chi connectivity index (χ1n) is 27.9. The number of aliphatic hydroxyl groups excluding tert-OH is 2. The van der Waals surface area contributed by atoms with E-state index < -0.39 is 151 Å². The number of hydrogen-bond donors (Lipinski definition) is 18.